The molecule has 0 atom stereocenters. The number of aromatic nitrogens is 3. The number of nitrogens with zero attached hydrogens (tertiary/aromatic N) is 4. The highest BCUT2D eigenvalue weighted by Crippen LogP contribution is 2.60. The van der Waals surface area contributed by atoms with Gasteiger partial charge in [0, 0.05) is 42.6 Å². The molecule has 0 fully saturated rings. The van der Waals surface area contributed by atoms with E-state index >= 15 is 0 Å². The van der Waals surface area contributed by atoms with Crippen LogP contribution in [0.15, 0.2) is 168 Å². The first-order valence-electron chi connectivity index (χ1n) is 16.5. The van der Waals surface area contributed by atoms with E-state index in [0.717, 1.165) is 33.2 Å². The van der Waals surface area contributed by atoms with E-state index in [1.165, 1.54) is 59.9 Å². The van der Waals surface area contributed by atoms with Crippen molar-refractivity contribution < 1.29 is 0 Å². The molecule has 228 valence electrons. The second kappa shape index (κ2) is 10.2. The Kier molecular flexibility index (Phi) is 5.57. The van der Waals surface area contributed by atoms with Crippen molar-refractivity contribution in [2.24, 2.45) is 0 Å². The molecule has 9 aromatic rings. The van der Waals surface area contributed by atoms with Crippen LogP contribution in [0.5, 0.6) is 0 Å². The number of fused-ring (bicyclic) bond motifs is 12. The van der Waals surface area contributed by atoms with Gasteiger partial charge in [0.1, 0.15) is 0 Å². The van der Waals surface area contributed by atoms with Crippen LogP contribution in [0.2, 0.25) is 0 Å². The van der Waals surface area contributed by atoms with Crippen molar-refractivity contribution in [2.45, 2.75) is 9.79 Å². The molecular weight excluding hydrogens is 617 g/mol. The van der Waals surface area contributed by atoms with Gasteiger partial charge in [0.05, 0.1) is 39.3 Å². The maximum atomic E-state index is 5.31. The van der Waals surface area contributed by atoms with Gasteiger partial charge in [-0.05, 0) is 47.5 Å². The second-order valence-corrected chi connectivity index (χ2v) is 13.6. The SMILES string of the molecule is c1ccc(-c2nc(-n3c4ccccc4c4c5c(ccc43)N3c4ccccc4-c4ccccc4-c4cccc(c43)S5)nc3ccccc23)cc1. The lowest BCUT2D eigenvalue weighted by molar-refractivity contribution is 1.01. The van der Waals surface area contributed by atoms with Crippen LogP contribution in [0.4, 0.5) is 17.1 Å². The second-order valence-electron chi connectivity index (χ2n) is 12.6. The van der Waals surface area contributed by atoms with Crippen LogP contribution in [0.3, 0.4) is 0 Å². The van der Waals surface area contributed by atoms with Crippen molar-refractivity contribution in [3.05, 3.63) is 158 Å². The number of para-hydroxylation sites is 4. The van der Waals surface area contributed by atoms with E-state index in [-0.39, 0.29) is 0 Å². The fraction of sp³-hybridized carbons (Fsp3) is 0. The lowest BCUT2D eigenvalue weighted by Crippen LogP contribution is -2.15. The van der Waals surface area contributed by atoms with Gasteiger partial charge in [-0.15, -0.1) is 0 Å². The Morgan fingerprint density at radius 2 is 1.16 bits per heavy atom. The zero-order valence-electron chi connectivity index (χ0n) is 26.2. The van der Waals surface area contributed by atoms with Crippen LogP contribution < -0.4 is 4.90 Å². The van der Waals surface area contributed by atoms with E-state index in [1.807, 2.05) is 17.8 Å². The Morgan fingerprint density at radius 3 is 2.04 bits per heavy atom. The summed E-state index contributed by atoms with van der Waals surface area (Å²) in [6.07, 6.45) is 0. The zero-order valence-corrected chi connectivity index (χ0v) is 27.0. The Bertz CT molecular complexity index is 2820. The topological polar surface area (TPSA) is 34.0 Å². The van der Waals surface area contributed by atoms with E-state index in [9.17, 15) is 0 Å². The Balaban J connectivity index is 1.22. The third-order valence-corrected chi connectivity index (χ3v) is 11.1. The van der Waals surface area contributed by atoms with E-state index in [1.54, 1.807) is 0 Å². The molecule has 49 heavy (non-hydrogen) atoms. The molecule has 0 saturated heterocycles. The maximum Gasteiger partial charge on any atom is 0.235 e. The normalized spacial score (nSPS) is 12.8. The summed E-state index contributed by atoms with van der Waals surface area (Å²) in [5.74, 6) is 0.669. The van der Waals surface area contributed by atoms with Crippen LogP contribution in [0, 0.1) is 0 Å². The van der Waals surface area contributed by atoms with Crippen molar-refractivity contribution in [3.8, 4) is 39.5 Å². The summed E-state index contributed by atoms with van der Waals surface area (Å²) in [4.78, 5) is 15.5. The molecule has 11 rings (SSSR count). The highest BCUT2D eigenvalue weighted by Gasteiger charge is 2.34. The molecule has 0 N–H and O–H groups in total. The van der Waals surface area contributed by atoms with Gasteiger partial charge in [-0.2, -0.15) is 0 Å². The van der Waals surface area contributed by atoms with Gasteiger partial charge in [-0.1, -0.05) is 133 Å². The van der Waals surface area contributed by atoms with Crippen LogP contribution >= 0.6 is 11.8 Å². The van der Waals surface area contributed by atoms with Crippen molar-refractivity contribution in [3.63, 3.8) is 0 Å². The minimum Gasteiger partial charge on any atom is -0.307 e. The molecule has 4 nitrogen and oxygen atoms in total. The molecule has 0 spiro atoms. The van der Waals surface area contributed by atoms with E-state index in [4.69, 9.17) is 9.97 Å². The largest absolute Gasteiger partial charge is 0.307 e. The molecule has 7 aromatic carbocycles. The predicted molar refractivity (Wildman–Crippen MR) is 203 cm³/mol. The van der Waals surface area contributed by atoms with E-state index in [2.05, 4.69) is 161 Å². The van der Waals surface area contributed by atoms with Crippen LogP contribution in [0.1, 0.15) is 0 Å². The third kappa shape index (κ3) is 3.76. The summed E-state index contributed by atoms with van der Waals surface area (Å²) < 4.78 is 2.25. The fourth-order valence-electron chi connectivity index (χ4n) is 7.88. The molecule has 0 bridgehead atoms. The first kappa shape index (κ1) is 26.9. The molecule has 0 saturated carbocycles. The van der Waals surface area contributed by atoms with Crippen LogP contribution in [-0.2, 0) is 0 Å². The van der Waals surface area contributed by atoms with E-state index < -0.39 is 0 Å². The molecular formula is C44H26N4S. The number of anilines is 3. The molecule has 2 aliphatic heterocycles. The average Bonchev–Trinajstić information content (AvgIpc) is 3.45. The standard InChI is InChI=1S/C44H26N4S/c1-2-13-27(14-3-1)41-32-18-6-9-21-34(32)45-44(46-41)48-36-23-11-8-19-33(36)40-37(48)25-26-38-43(40)49-39-24-12-20-31-29-16-5-4-15-28(29)30-17-7-10-22-35(30)47(38)42(31)39/h1-26H. The van der Waals surface area contributed by atoms with Crippen molar-refractivity contribution in [1.82, 2.24) is 14.5 Å². The lowest BCUT2D eigenvalue weighted by Gasteiger charge is -2.34. The first-order chi connectivity index (χ1) is 24.3. The number of hydrogen-bond acceptors (Lipinski definition) is 4. The molecule has 2 aromatic heterocycles. The minimum atomic E-state index is 0.669. The molecule has 2 aliphatic rings. The summed E-state index contributed by atoms with van der Waals surface area (Å²) in [6.45, 7) is 0. The summed E-state index contributed by atoms with van der Waals surface area (Å²) in [6, 6.07) is 56.4. The summed E-state index contributed by atoms with van der Waals surface area (Å²) >= 11 is 1.87. The van der Waals surface area contributed by atoms with Gasteiger partial charge >= 0.3 is 0 Å². The highest BCUT2D eigenvalue weighted by molar-refractivity contribution is 8.00. The molecule has 0 radical (unpaired) electrons. The average molecular weight is 643 g/mol. The summed E-state index contributed by atoms with van der Waals surface area (Å²) in [5.41, 5.74) is 13.7. The van der Waals surface area contributed by atoms with Gasteiger partial charge in [0.15, 0.2) is 0 Å². The van der Waals surface area contributed by atoms with E-state index in [0.29, 0.717) is 5.95 Å². The Morgan fingerprint density at radius 1 is 0.469 bits per heavy atom. The molecule has 4 heterocycles. The maximum absolute atomic E-state index is 5.31. The Labute approximate surface area is 286 Å². The zero-order chi connectivity index (χ0) is 32.1. The number of rotatable bonds is 2. The van der Waals surface area contributed by atoms with Gasteiger partial charge in [-0.3, -0.25) is 4.57 Å². The lowest BCUT2D eigenvalue weighted by atomic mass is 9.95. The van der Waals surface area contributed by atoms with Crippen molar-refractivity contribution in [1.29, 1.82) is 0 Å². The van der Waals surface area contributed by atoms with Gasteiger partial charge in [0.25, 0.3) is 0 Å². The smallest absolute Gasteiger partial charge is 0.235 e. The van der Waals surface area contributed by atoms with Crippen LogP contribution in [-0.4, -0.2) is 14.5 Å². The fourth-order valence-corrected chi connectivity index (χ4v) is 9.12. The summed E-state index contributed by atoms with van der Waals surface area (Å²) in [7, 11) is 0. The summed E-state index contributed by atoms with van der Waals surface area (Å²) in [5, 5.41) is 3.44. The highest BCUT2D eigenvalue weighted by atomic mass is 32.2. The quantitative estimate of drug-likeness (QED) is 0.188. The molecule has 5 heteroatoms. The first-order valence-corrected chi connectivity index (χ1v) is 17.3. The number of benzene rings is 7. The predicted octanol–water partition coefficient (Wildman–Crippen LogP) is 12.0. The van der Waals surface area contributed by atoms with Crippen molar-refractivity contribution in [2.75, 3.05) is 4.90 Å². The molecule has 0 aliphatic carbocycles. The van der Waals surface area contributed by atoms with Crippen molar-refractivity contribution >= 4 is 61.5 Å². The Hall–Kier alpha value is -6.17. The van der Waals surface area contributed by atoms with Crippen LogP contribution in [0.25, 0.3) is 72.2 Å². The van der Waals surface area contributed by atoms with Gasteiger partial charge < -0.3 is 4.90 Å². The molecule has 0 unspecified atom stereocenters. The third-order valence-electron chi connectivity index (χ3n) is 9.94. The monoisotopic (exact) mass is 642 g/mol. The van der Waals surface area contributed by atoms with Gasteiger partial charge in [0.2, 0.25) is 5.95 Å². The molecule has 0 amide bonds. The minimum absolute atomic E-state index is 0.669. The van der Waals surface area contributed by atoms with Gasteiger partial charge in [-0.25, -0.2) is 9.97 Å². The number of hydrogen-bond donors (Lipinski definition) is 0.